The maximum atomic E-state index is 9.13. The zero-order chi connectivity index (χ0) is 7.68. The van der Waals surface area contributed by atoms with Crippen LogP contribution in [-0.4, -0.2) is 17.9 Å². The van der Waals surface area contributed by atoms with Crippen LogP contribution in [0.4, 0.5) is 0 Å². The van der Waals surface area contributed by atoms with E-state index in [1.807, 2.05) is 12.3 Å². The first-order valence-corrected chi connectivity index (χ1v) is 3.68. The molecule has 56 valence electrons. The molecular weight excluding hydrogens is 138 g/mol. The van der Waals surface area contributed by atoms with Gasteiger partial charge < -0.3 is 5.11 Å². The Hall–Kier alpha value is -1.31. The maximum absolute atomic E-state index is 9.13. The van der Waals surface area contributed by atoms with Crippen LogP contribution in [0, 0.1) is 0 Å². The van der Waals surface area contributed by atoms with Gasteiger partial charge >= 0.3 is 0 Å². The molecule has 0 atom stereocenters. The van der Waals surface area contributed by atoms with Gasteiger partial charge in [-0.2, -0.15) is 0 Å². The molecule has 1 aliphatic heterocycles. The first-order chi connectivity index (χ1) is 5.36. The van der Waals surface area contributed by atoms with Gasteiger partial charge in [-0.25, -0.2) is 0 Å². The number of fused-ring (bicyclic) bond motifs is 1. The molecule has 0 unspecified atom stereocenters. The van der Waals surface area contributed by atoms with Crippen molar-refractivity contribution >= 4 is 6.21 Å². The number of rotatable bonds is 0. The topological polar surface area (TPSA) is 32.6 Å². The van der Waals surface area contributed by atoms with E-state index < -0.39 is 0 Å². The normalized spacial score (nSPS) is 14.5. The summed E-state index contributed by atoms with van der Waals surface area (Å²) in [5, 5.41) is 9.13. The molecule has 0 saturated heterocycles. The minimum absolute atomic E-state index is 0.317. The van der Waals surface area contributed by atoms with Gasteiger partial charge in [0.1, 0.15) is 5.75 Å². The fourth-order valence-corrected chi connectivity index (χ4v) is 1.28. The van der Waals surface area contributed by atoms with Crippen molar-refractivity contribution in [3.05, 3.63) is 29.3 Å². The van der Waals surface area contributed by atoms with E-state index >= 15 is 0 Å². The SMILES string of the molecule is Oc1ccc2c(c1)C=NCC2. The van der Waals surface area contributed by atoms with Gasteiger partial charge in [-0.1, -0.05) is 6.07 Å². The minimum atomic E-state index is 0.317. The van der Waals surface area contributed by atoms with Crippen LogP contribution >= 0.6 is 0 Å². The van der Waals surface area contributed by atoms with Crippen molar-refractivity contribution in [3.63, 3.8) is 0 Å². The Morgan fingerprint density at radius 1 is 1.36 bits per heavy atom. The molecule has 0 radical (unpaired) electrons. The molecule has 11 heavy (non-hydrogen) atoms. The van der Waals surface area contributed by atoms with E-state index in [0.717, 1.165) is 18.5 Å². The van der Waals surface area contributed by atoms with Gasteiger partial charge in [-0.05, 0) is 29.7 Å². The molecule has 0 amide bonds. The Kier molecular flexibility index (Phi) is 1.39. The second kappa shape index (κ2) is 2.38. The fraction of sp³-hybridized carbons (Fsp3) is 0.222. The molecule has 0 fully saturated rings. The molecule has 0 spiro atoms. The van der Waals surface area contributed by atoms with E-state index in [4.69, 9.17) is 5.11 Å². The monoisotopic (exact) mass is 147 g/mol. The molecule has 1 N–H and O–H groups in total. The Morgan fingerprint density at radius 3 is 3.18 bits per heavy atom. The van der Waals surface area contributed by atoms with Crippen molar-refractivity contribution in [2.24, 2.45) is 4.99 Å². The van der Waals surface area contributed by atoms with E-state index in [0.29, 0.717) is 5.75 Å². The van der Waals surface area contributed by atoms with Gasteiger partial charge in [0.2, 0.25) is 0 Å². The third-order valence-corrected chi connectivity index (χ3v) is 1.87. The van der Waals surface area contributed by atoms with Gasteiger partial charge in [0.25, 0.3) is 0 Å². The van der Waals surface area contributed by atoms with E-state index in [9.17, 15) is 0 Å². The Bertz CT molecular complexity index is 304. The molecule has 2 heteroatoms. The largest absolute Gasteiger partial charge is 0.508 e. The highest BCUT2D eigenvalue weighted by Crippen LogP contribution is 2.17. The van der Waals surface area contributed by atoms with Crippen LogP contribution < -0.4 is 0 Å². The fourth-order valence-electron chi connectivity index (χ4n) is 1.28. The van der Waals surface area contributed by atoms with Crippen LogP contribution in [0.3, 0.4) is 0 Å². The van der Waals surface area contributed by atoms with Crippen LogP contribution in [0.25, 0.3) is 0 Å². The average Bonchev–Trinajstić information content (AvgIpc) is 2.04. The summed E-state index contributed by atoms with van der Waals surface area (Å²) in [4.78, 5) is 4.12. The van der Waals surface area contributed by atoms with Gasteiger partial charge in [0.15, 0.2) is 0 Å². The molecule has 2 rings (SSSR count). The summed E-state index contributed by atoms with van der Waals surface area (Å²) in [5.41, 5.74) is 2.33. The lowest BCUT2D eigenvalue weighted by molar-refractivity contribution is 0.475. The van der Waals surface area contributed by atoms with Crippen LogP contribution in [0.1, 0.15) is 11.1 Å². The number of aromatic hydroxyl groups is 1. The van der Waals surface area contributed by atoms with Gasteiger partial charge in [-0.3, -0.25) is 4.99 Å². The molecule has 1 heterocycles. The smallest absolute Gasteiger partial charge is 0.116 e. The molecule has 1 aromatic carbocycles. The highest BCUT2D eigenvalue weighted by atomic mass is 16.3. The van der Waals surface area contributed by atoms with Crippen molar-refractivity contribution in [1.82, 2.24) is 0 Å². The van der Waals surface area contributed by atoms with Crippen LogP contribution in [0.15, 0.2) is 23.2 Å². The summed E-state index contributed by atoms with van der Waals surface area (Å²) < 4.78 is 0. The highest BCUT2D eigenvalue weighted by molar-refractivity contribution is 5.83. The lowest BCUT2D eigenvalue weighted by atomic mass is 10.0. The number of phenols is 1. The number of hydrogen-bond acceptors (Lipinski definition) is 2. The molecule has 2 nitrogen and oxygen atoms in total. The lowest BCUT2D eigenvalue weighted by Gasteiger charge is -2.08. The third-order valence-electron chi connectivity index (χ3n) is 1.87. The molecule has 1 aliphatic rings. The van der Waals surface area contributed by atoms with Crippen LogP contribution in [0.5, 0.6) is 5.75 Å². The van der Waals surface area contributed by atoms with Crippen LogP contribution in [-0.2, 0) is 6.42 Å². The summed E-state index contributed by atoms with van der Waals surface area (Å²) in [6.07, 6.45) is 2.81. The summed E-state index contributed by atoms with van der Waals surface area (Å²) in [7, 11) is 0. The van der Waals surface area contributed by atoms with Crippen molar-refractivity contribution in [1.29, 1.82) is 0 Å². The molecule has 0 aliphatic carbocycles. The summed E-state index contributed by atoms with van der Waals surface area (Å²) in [6, 6.07) is 5.42. The zero-order valence-electron chi connectivity index (χ0n) is 6.12. The maximum Gasteiger partial charge on any atom is 0.116 e. The minimum Gasteiger partial charge on any atom is -0.508 e. The number of benzene rings is 1. The predicted octanol–water partition coefficient (Wildman–Crippen LogP) is 1.37. The molecule has 0 aromatic heterocycles. The summed E-state index contributed by atoms with van der Waals surface area (Å²) >= 11 is 0. The van der Waals surface area contributed by atoms with Crippen molar-refractivity contribution < 1.29 is 5.11 Å². The van der Waals surface area contributed by atoms with Crippen LogP contribution in [0.2, 0.25) is 0 Å². The van der Waals surface area contributed by atoms with E-state index in [1.54, 1.807) is 12.1 Å². The number of aliphatic imine (C=N–C) groups is 1. The highest BCUT2D eigenvalue weighted by Gasteiger charge is 2.04. The first kappa shape index (κ1) is 6.40. The predicted molar refractivity (Wildman–Crippen MR) is 44.3 cm³/mol. The van der Waals surface area contributed by atoms with E-state index in [2.05, 4.69) is 4.99 Å². The van der Waals surface area contributed by atoms with Gasteiger partial charge in [-0.15, -0.1) is 0 Å². The number of hydrogen-bond donors (Lipinski definition) is 1. The summed E-state index contributed by atoms with van der Waals surface area (Å²) in [6.45, 7) is 0.873. The summed E-state index contributed by atoms with van der Waals surface area (Å²) in [5.74, 6) is 0.317. The first-order valence-electron chi connectivity index (χ1n) is 3.68. The Balaban J connectivity index is 2.54. The second-order valence-electron chi connectivity index (χ2n) is 2.67. The molecule has 0 saturated carbocycles. The molecule has 0 bridgehead atoms. The quantitative estimate of drug-likeness (QED) is 0.590. The van der Waals surface area contributed by atoms with Gasteiger partial charge in [0.05, 0.1) is 0 Å². The van der Waals surface area contributed by atoms with Crippen molar-refractivity contribution in [2.75, 3.05) is 6.54 Å². The second-order valence-corrected chi connectivity index (χ2v) is 2.67. The average molecular weight is 147 g/mol. The lowest BCUT2D eigenvalue weighted by Crippen LogP contribution is -2.01. The Morgan fingerprint density at radius 2 is 2.27 bits per heavy atom. The standard InChI is InChI=1S/C9H9NO/c11-9-2-1-7-3-4-10-6-8(7)5-9/h1-2,5-6,11H,3-4H2. The van der Waals surface area contributed by atoms with Gasteiger partial charge in [0, 0.05) is 12.8 Å². The molecule has 1 aromatic rings. The van der Waals surface area contributed by atoms with Crippen molar-refractivity contribution in [2.45, 2.75) is 6.42 Å². The third kappa shape index (κ3) is 1.11. The molecular formula is C9H9NO. The van der Waals surface area contributed by atoms with Crippen molar-refractivity contribution in [3.8, 4) is 5.75 Å². The number of phenolic OH excluding ortho intramolecular Hbond substituents is 1. The van der Waals surface area contributed by atoms with E-state index in [1.165, 1.54) is 5.56 Å². The Labute approximate surface area is 65.2 Å². The van der Waals surface area contributed by atoms with E-state index in [-0.39, 0.29) is 0 Å². The number of nitrogens with zero attached hydrogens (tertiary/aromatic N) is 1. The zero-order valence-corrected chi connectivity index (χ0v) is 6.12.